The fourth-order valence-electron chi connectivity index (χ4n) is 9.76. The van der Waals surface area contributed by atoms with Crippen LogP contribution in [0.2, 0.25) is 0 Å². The van der Waals surface area contributed by atoms with Crippen LogP contribution in [0, 0.1) is 23.7 Å². The Morgan fingerprint density at radius 1 is 0.488 bits per heavy atom. The number of carboxylic acids is 2. The number of carbonyl (C=O) groups is 6. The summed E-state index contributed by atoms with van der Waals surface area (Å²) in [5, 5.41) is 160. The van der Waals surface area contributed by atoms with E-state index < -0.39 is 220 Å². The first-order valence-electron chi connectivity index (χ1n) is 28.4. The van der Waals surface area contributed by atoms with E-state index in [1.54, 1.807) is 37.3 Å². The summed E-state index contributed by atoms with van der Waals surface area (Å²) in [6, 6.07) is -1.25. The molecular formula is C60H87NO25. The topological polar surface area (TPSA) is 469 Å². The third-order valence-electron chi connectivity index (χ3n) is 14.5. The van der Waals surface area contributed by atoms with Crippen molar-refractivity contribution in [2.75, 3.05) is 0 Å². The van der Waals surface area contributed by atoms with Crippen LogP contribution in [0.15, 0.2) is 109 Å². The van der Waals surface area contributed by atoms with Gasteiger partial charge in [0.15, 0.2) is 6.29 Å². The van der Waals surface area contributed by atoms with Gasteiger partial charge in [-0.05, 0) is 45.8 Å². The first kappa shape index (κ1) is 74.5. The highest BCUT2D eigenvalue weighted by atomic mass is 16.7. The van der Waals surface area contributed by atoms with Crippen LogP contribution >= 0.6 is 0 Å². The molecule has 26 nitrogen and oxygen atoms in total. The van der Waals surface area contributed by atoms with Gasteiger partial charge in [0.25, 0.3) is 0 Å². The van der Waals surface area contributed by atoms with E-state index in [0.29, 0.717) is 0 Å². The highest BCUT2D eigenvalue weighted by molar-refractivity contribution is 5.83. The van der Waals surface area contributed by atoms with Crippen LogP contribution in [0.4, 0.5) is 0 Å². The fourth-order valence-corrected chi connectivity index (χ4v) is 9.76. The lowest BCUT2D eigenvalue weighted by molar-refractivity contribution is -0.277. The van der Waals surface area contributed by atoms with Gasteiger partial charge < -0.3 is 101 Å². The van der Waals surface area contributed by atoms with E-state index in [2.05, 4.69) is 0 Å². The number of carboxylic acid groups (broad SMARTS) is 2. The number of cyclic esters (lactones) is 2. The Kier molecular flexibility index (Phi) is 32.8. The molecule has 23 unspecified atom stereocenters. The van der Waals surface area contributed by atoms with Crippen molar-refractivity contribution in [2.24, 2.45) is 29.4 Å². The molecule has 0 aromatic rings. The summed E-state index contributed by atoms with van der Waals surface area (Å²) < 4.78 is 22.6. The number of ether oxygens (including phenoxy) is 4. The molecule has 0 aliphatic carbocycles. The fraction of sp³-hybridized carbons (Fsp3) is 0.600. The normalized spacial score (nSPS) is 38.7. The third kappa shape index (κ3) is 26.3. The summed E-state index contributed by atoms with van der Waals surface area (Å²) in [5.41, 5.74) is 6.01. The highest BCUT2D eigenvalue weighted by Crippen LogP contribution is 2.29. The van der Waals surface area contributed by atoms with Crippen LogP contribution in [0.1, 0.15) is 85.0 Å². The number of hydrogen-bond donors (Lipinski definition) is 16. The number of Topliss-reactive ketones (excluding diaryl/α,β-unsaturated/α-hetero) is 2. The van der Waals surface area contributed by atoms with Gasteiger partial charge in [0, 0.05) is 75.4 Å². The second-order valence-corrected chi connectivity index (χ2v) is 21.9. The summed E-state index contributed by atoms with van der Waals surface area (Å²) in [6.45, 7) is 4.54. The zero-order valence-corrected chi connectivity index (χ0v) is 48.1. The Labute approximate surface area is 498 Å². The molecule has 3 aliphatic rings. The predicted molar refractivity (Wildman–Crippen MR) is 304 cm³/mol. The maximum absolute atomic E-state index is 13.1. The van der Waals surface area contributed by atoms with Gasteiger partial charge in [0.05, 0.1) is 97.6 Å². The van der Waals surface area contributed by atoms with Gasteiger partial charge in [-0.2, -0.15) is 0 Å². The number of allylic oxidation sites excluding steroid dienone is 10. The molecule has 0 aromatic carbocycles. The molecule has 3 rings (SSSR count). The van der Waals surface area contributed by atoms with Crippen LogP contribution in [0.5, 0.6) is 0 Å². The number of aliphatic hydroxyl groups is 13. The Morgan fingerprint density at radius 3 is 1.47 bits per heavy atom. The summed E-state index contributed by atoms with van der Waals surface area (Å²) in [6.07, 6.45) is -8.32. The first-order chi connectivity index (χ1) is 40.5. The average Bonchev–Trinajstić information content (AvgIpc) is 2.74. The summed E-state index contributed by atoms with van der Waals surface area (Å²) >= 11 is 0. The van der Waals surface area contributed by atoms with Crippen molar-refractivity contribution in [3.8, 4) is 0 Å². The van der Waals surface area contributed by atoms with Crippen molar-refractivity contribution in [3.63, 3.8) is 0 Å². The Balaban J connectivity index is 2.14. The van der Waals surface area contributed by atoms with Gasteiger partial charge >= 0.3 is 23.9 Å². The molecule has 0 bridgehead atoms. The van der Waals surface area contributed by atoms with E-state index in [1.807, 2.05) is 0 Å². The predicted octanol–water partition coefficient (Wildman–Crippen LogP) is -1.29. The first-order valence-corrected chi connectivity index (χ1v) is 28.4. The standard InChI is InChI=1S/C60H87NO25/c1-32-14-8-6-9-15-35(16-10-7-13-19-45(69)53(58(79)80)48(72)29-38(64)25-36(62)27-46(70)43(67)20-22-51(75)83-32)41-24-33(2)84-52(76)23-21-44(68)47(71)28-37(63)26-39(65)30-49(73)54(59(81)82)50(74)31-40(17-11-4-5-12-18-42(41)66)86-60-57(78)55(61)56(77)34(3)85-60/h4-13,15-18,20-23,32-37,40-50,53-57,60,62-63,66-74,77-78H,14,19,24-31,61H2,1-3H3,(H,79,80)(H,81,82). The van der Waals surface area contributed by atoms with Gasteiger partial charge in [-0.25, -0.2) is 9.59 Å². The lowest BCUT2D eigenvalue weighted by Crippen LogP contribution is -2.61. The molecule has 26 heteroatoms. The minimum atomic E-state index is -2.03. The van der Waals surface area contributed by atoms with E-state index in [-0.39, 0.29) is 19.3 Å². The number of rotatable bonds is 5. The molecule has 0 aromatic heterocycles. The number of aliphatic hydroxyl groups excluding tert-OH is 13. The van der Waals surface area contributed by atoms with E-state index in [0.717, 1.165) is 24.3 Å². The number of hydrogen-bond acceptors (Lipinski definition) is 24. The minimum Gasteiger partial charge on any atom is -0.481 e. The maximum atomic E-state index is 13.1. The molecule has 3 heterocycles. The van der Waals surface area contributed by atoms with Crippen LogP contribution < -0.4 is 5.73 Å². The molecule has 0 amide bonds. The van der Waals surface area contributed by atoms with Crippen LogP contribution in [0.25, 0.3) is 0 Å². The van der Waals surface area contributed by atoms with Crippen LogP contribution in [-0.4, -0.2) is 228 Å². The summed E-state index contributed by atoms with van der Waals surface area (Å²) in [4.78, 5) is 76.2. The molecule has 86 heavy (non-hydrogen) atoms. The van der Waals surface area contributed by atoms with Crippen molar-refractivity contribution in [1.29, 1.82) is 0 Å². The quantitative estimate of drug-likeness (QED) is 0.142. The second kappa shape index (κ2) is 37.8. The molecule has 0 radical (unpaired) electrons. The van der Waals surface area contributed by atoms with Gasteiger partial charge in [-0.3, -0.25) is 19.2 Å². The van der Waals surface area contributed by atoms with Crippen molar-refractivity contribution in [1.82, 2.24) is 0 Å². The van der Waals surface area contributed by atoms with Crippen molar-refractivity contribution in [2.45, 2.75) is 201 Å². The molecule has 17 N–H and O–H groups in total. The monoisotopic (exact) mass is 1220 g/mol. The number of esters is 2. The van der Waals surface area contributed by atoms with Crippen LogP contribution in [-0.2, 0) is 47.7 Å². The van der Waals surface area contributed by atoms with Crippen molar-refractivity contribution < 1.29 is 124 Å². The molecule has 1 fully saturated rings. The van der Waals surface area contributed by atoms with Crippen molar-refractivity contribution >= 4 is 35.4 Å². The zero-order valence-electron chi connectivity index (χ0n) is 48.1. The number of nitrogens with two attached hydrogens (primary N) is 1. The maximum Gasteiger partial charge on any atom is 0.330 e. The molecule has 0 saturated carbocycles. The lowest BCUT2D eigenvalue weighted by Gasteiger charge is -2.41. The third-order valence-corrected chi connectivity index (χ3v) is 14.5. The Bertz CT molecular complexity index is 2440. The van der Waals surface area contributed by atoms with Crippen molar-refractivity contribution in [3.05, 3.63) is 109 Å². The highest BCUT2D eigenvalue weighted by Gasteiger charge is 2.44. The van der Waals surface area contributed by atoms with E-state index in [4.69, 9.17) is 24.7 Å². The zero-order chi connectivity index (χ0) is 64.4. The van der Waals surface area contributed by atoms with Gasteiger partial charge in [-0.1, -0.05) is 85.1 Å². The summed E-state index contributed by atoms with van der Waals surface area (Å²) in [7, 11) is 0. The van der Waals surface area contributed by atoms with E-state index in [1.165, 1.54) is 68.5 Å². The van der Waals surface area contributed by atoms with Gasteiger partial charge in [0.1, 0.15) is 35.6 Å². The minimum absolute atomic E-state index is 0.0898. The van der Waals surface area contributed by atoms with Crippen LogP contribution in [0.3, 0.4) is 0 Å². The molecule has 3 aliphatic heterocycles. The van der Waals surface area contributed by atoms with Gasteiger partial charge in [0.2, 0.25) is 0 Å². The van der Waals surface area contributed by atoms with E-state index in [9.17, 15) is 105 Å². The lowest BCUT2D eigenvalue weighted by atomic mass is 9.82. The second-order valence-electron chi connectivity index (χ2n) is 21.9. The number of carbonyl (C=O) groups excluding carboxylic acids is 4. The van der Waals surface area contributed by atoms with Gasteiger partial charge in [-0.15, -0.1) is 0 Å². The van der Waals surface area contributed by atoms with E-state index >= 15 is 0 Å². The number of aliphatic carboxylic acids is 2. The summed E-state index contributed by atoms with van der Waals surface area (Å²) in [5.74, 6) is -12.5. The molecular weight excluding hydrogens is 1130 g/mol. The average molecular weight is 1220 g/mol. The smallest absolute Gasteiger partial charge is 0.330 e. The molecule has 482 valence electrons. The molecule has 23 atom stereocenters. The molecule has 1 saturated heterocycles. The number of ketones is 2. The SMILES string of the molecule is CC1CC=CC=CC(C2CC(C)OC(=O)C=CC(O)C(O)CC(O)CC(=O)CC(O)C(C(=O)O)C(O)CC(OC3OC(C)C(O)C(N)C3O)C=CC=CC=CC2O)C=CC=CCC(O)C(C(=O)O)C(O)CC(=O)CC(O)CC(O)C(O)C=CC(=O)O1. The Morgan fingerprint density at radius 2 is 0.953 bits per heavy atom. The Hall–Kier alpha value is -5.76. The molecule has 0 spiro atoms. The largest absolute Gasteiger partial charge is 0.481 e.